The third-order valence-electron chi connectivity index (χ3n) is 3.25. The van der Waals surface area contributed by atoms with Crippen molar-refractivity contribution < 1.29 is 27.9 Å². The molecule has 0 bridgehead atoms. The van der Waals surface area contributed by atoms with E-state index >= 15 is 0 Å². The number of Topliss-reactive ketones (excluding diaryl/α,β-unsaturated/α-hetero) is 2. The van der Waals surface area contributed by atoms with Gasteiger partial charge in [0.05, 0.1) is 18.9 Å². The van der Waals surface area contributed by atoms with Crippen molar-refractivity contribution in [3.05, 3.63) is 0 Å². The predicted molar refractivity (Wildman–Crippen MR) is 62.7 cm³/mol. The first-order chi connectivity index (χ1) is 8.76. The summed E-state index contributed by atoms with van der Waals surface area (Å²) in [5, 5.41) is 0. The number of esters is 1. The molecular formula is C13H18F2O4. The predicted octanol–water partition coefficient (Wildman–Crippen LogP) is 2.15. The van der Waals surface area contributed by atoms with Crippen LogP contribution in [0.1, 0.15) is 39.5 Å². The van der Waals surface area contributed by atoms with Gasteiger partial charge in [0, 0.05) is 18.8 Å². The third-order valence-corrected chi connectivity index (χ3v) is 3.25. The van der Waals surface area contributed by atoms with Crippen LogP contribution in [-0.4, -0.2) is 30.1 Å². The highest BCUT2D eigenvalue weighted by molar-refractivity contribution is 6.00. The van der Waals surface area contributed by atoms with E-state index in [9.17, 15) is 23.2 Å². The Balaban J connectivity index is 2.84. The molecule has 0 saturated heterocycles. The minimum atomic E-state index is -2.95. The molecule has 1 saturated carbocycles. The number of halogens is 2. The number of hydrogen-bond donors (Lipinski definition) is 0. The topological polar surface area (TPSA) is 60.4 Å². The van der Waals surface area contributed by atoms with Crippen LogP contribution in [0.25, 0.3) is 0 Å². The fourth-order valence-electron chi connectivity index (χ4n) is 2.39. The molecule has 1 aliphatic carbocycles. The van der Waals surface area contributed by atoms with Crippen LogP contribution in [0.15, 0.2) is 0 Å². The van der Waals surface area contributed by atoms with Crippen LogP contribution in [-0.2, 0) is 19.1 Å². The average molecular weight is 276 g/mol. The fraction of sp³-hybridized carbons (Fsp3) is 0.769. The summed E-state index contributed by atoms with van der Waals surface area (Å²) in [6.07, 6.45) is -1.51. The molecule has 0 aromatic rings. The van der Waals surface area contributed by atoms with Gasteiger partial charge in [0.2, 0.25) is 5.92 Å². The Labute approximate surface area is 110 Å². The zero-order valence-electron chi connectivity index (χ0n) is 11.1. The van der Waals surface area contributed by atoms with E-state index in [1.165, 1.54) is 6.92 Å². The Hall–Kier alpha value is -1.33. The first-order valence-corrected chi connectivity index (χ1v) is 6.33. The largest absolute Gasteiger partial charge is 0.466 e. The summed E-state index contributed by atoms with van der Waals surface area (Å²) >= 11 is 0. The van der Waals surface area contributed by atoms with E-state index in [2.05, 4.69) is 0 Å². The van der Waals surface area contributed by atoms with Gasteiger partial charge >= 0.3 is 5.97 Å². The second kappa shape index (κ2) is 6.21. The van der Waals surface area contributed by atoms with Crippen LogP contribution in [0.5, 0.6) is 0 Å². The quantitative estimate of drug-likeness (QED) is 0.570. The molecule has 108 valence electrons. The number of carbonyl (C=O) groups is 3. The number of alkyl halides is 2. The van der Waals surface area contributed by atoms with Crippen molar-refractivity contribution in [3.63, 3.8) is 0 Å². The number of ether oxygens (including phenoxy) is 1. The van der Waals surface area contributed by atoms with E-state index in [0.29, 0.717) is 0 Å². The lowest BCUT2D eigenvalue weighted by atomic mass is 9.74. The van der Waals surface area contributed by atoms with Crippen LogP contribution in [0.4, 0.5) is 8.78 Å². The molecule has 0 heterocycles. The molecule has 1 fully saturated rings. The zero-order valence-corrected chi connectivity index (χ0v) is 11.1. The Morgan fingerprint density at radius 1 is 1.26 bits per heavy atom. The van der Waals surface area contributed by atoms with Gasteiger partial charge in [0.15, 0.2) is 0 Å². The fourth-order valence-corrected chi connectivity index (χ4v) is 2.39. The van der Waals surface area contributed by atoms with Crippen molar-refractivity contribution in [2.24, 2.45) is 11.8 Å². The number of rotatable bonds is 5. The van der Waals surface area contributed by atoms with Gasteiger partial charge in [-0.25, -0.2) is 8.78 Å². The van der Waals surface area contributed by atoms with Crippen molar-refractivity contribution in [1.29, 1.82) is 0 Å². The molecule has 0 N–H and O–H groups in total. The average Bonchev–Trinajstić information content (AvgIpc) is 2.26. The van der Waals surface area contributed by atoms with E-state index in [1.807, 2.05) is 0 Å². The Morgan fingerprint density at radius 2 is 1.89 bits per heavy atom. The van der Waals surface area contributed by atoms with E-state index in [0.717, 1.165) is 0 Å². The first kappa shape index (κ1) is 15.7. The Morgan fingerprint density at radius 3 is 2.42 bits per heavy atom. The van der Waals surface area contributed by atoms with Crippen LogP contribution in [0.2, 0.25) is 0 Å². The molecule has 0 aromatic heterocycles. The highest BCUT2D eigenvalue weighted by atomic mass is 19.3. The van der Waals surface area contributed by atoms with Crippen molar-refractivity contribution in [3.8, 4) is 0 Å². The highest BCUT2D eigenvalue weighted by Crippen LogP contribution is 2.41. The molecule has 0 spiro atoms. The van der Waals surface area contributed by atoms with Gasteiger partial charge in [0.25, 0.3) is 0 Å². The monoisotopic (exact) mass is 276 g/mol. The van der Waals surface area contributed by atoms with Gasteiger partial charge in [-0.05, 0) is 20.3 Å². The lowest BCUT2D eigenvalue weighted by Crippen LogP contribution is -2.41. The van der Waals surface area contributed by atoms with E-state index < -0.39 is 42.4 Å². The van der Waals surface area contributed by atoms with Crippen LogP contribution >= 0.6 is 0 Å². The van der Waals surface area contributed by atoms with Crippen LogP contribution in [0, 0.1) is 11.8 Å². The normalized spacial score (nSPS) is 25.7. The van der Waals surface area contributed by atoms with Gasteiger partial charge in [-0.2, -0.15) is 0 Å². The summed E-state index contributed by atoms with van der Waals surface area (Å²) < 4.78 is 31.5. The number of carbonyl (C=O) groups excluding carboxylic acids is 3. The highest BCUT2D eigenvalue weighted by Gasteiger charge is 2.47. The molecule has 2 unspecified atom stereocenters. The molecule has 0 amide bonds. The molecular weight excluding hydrogens is 258 g/mol. The van der Waals surface area contributed by atoms with Gasteiger partial charge in [0.1, 0.15) is 11.6 Å². The van der Waals surface area contributed by atoms with Crippen molar-refractivity contribution in [1.82, 2.24) is 0 Å². The maximum atomic E-state index is 13.4. The zero-order chi connectivity index (χ0) is 14.6. The molecule has 2 atom stereocenters. The summed E-state index contributed by atoms with van der Waals surface area (Å²) in [5.41, 5.74) is 0. The molecule has 0 aliphatic heterocycles. The standard InChI is InChI=1S/C13H18F2O4/c1-3-19-12(18)10-7-13(14,15)5-4-9(10)11(17)6-8(2)16/h9-10H,3-7H2,1-2H3. The van der Waals surface area contributed by atoms with Crippen LogP contribution in [0.3, 0.4) is 0 Å². The first-order valence-electron chi connectivity index (χ1n) is 6.33. The summed E-state index contributed by atoms with van der Waals surface area (Å²) in [4.78, 5) is 34.5. The summed E-state index contributed by atoms with van der Waals surface area (Å²) in [7, 11) is 0. The summed E-state index contributed by atoms with van der Waals surface area (Å²) in [5.74, 6) is -6.47. The minimum Gasteiger partial charge on any atom is -0.466 e. The lowest BCUT2D eigenvalue weighted by molar-refractivity contribution is -0.162. The van der Waals surface area contributed by atoms with E-state index in [-0.39, 0.29) is 25.2 Å². The number of hydrogen-bond acceptors (Lipinski definition) is 4. The second-order valence-electron chi connectivity index (χ2n) is 4.91. The molecule has 19 heavy (non-hydrogen) atoms. The summed E-state index contributed by atoms with van der Waals surface area (Å²) in [6.45, 7) is 2.91. The van der Waals surface area contributed by atoms with Crippen molar-refractivity contribution in [2.45, 2.75) is 45.5 Å². The molecule has 0 radical (unpaired) electrons. The number of ketones is 2. The van der Waals surface area contributed by atoms with Gasteiger partial charge in [-0.3, -0.25) is 14.4 Å². The van der Waals surface area contributed by atoms with Crippen molar-refractivity contribution >= 4 is 17.5 Å². The lowest BCUT2D eigenvalue weighted by Gasteiger charge is -2.33. The third kappa shape index (κ3) is 4.36. The van der Waals surface area contributed by atoms with Gasteiger partial charge in [-0.15, -0.1) is 0 Å². The molecule has 4 nitrogen and oxygen atoms in total. The van der Waals surface area contributed by atoms with Gasteiger partial charge < -0.3 is 4.74 Å². The molecule has 1 rings (SSSR count). The second-order valence-corrected chi connectivity index (χ2v) is 4.91. The molecule has 6 heteroatoms. The van der Waals surface area contributed by atoms with Gasteiger partial charge in [-0.1, -0.05) is 0 Å². The maximum absolute atomic E-state index is 13.4. The van der Waals surface area contributed by atoms with E-state index in [4.69, 9.17) is 4.74 Å². The Bertz CT molecular complexity index is 379. The molecule has 1 aliphatic rings. The SMILES string of the molecule is CCOC(=O)C1CC(F)(F)CCC1C(=O)CC(C)=O. The smallest absolute Gasteiger partial charge is 0.309 e. The Kier molecular flexibility index (Phi) is 5.14. The molecule has 0 aromatic carbocycles. The maximum Gasteiger partial charge on any atom is 0.309 e. The van der Waals surface area contributed by atoms with Crippen molar-refractivity contribution in [2.75, 3.05) is 6.61 Å². The minimum absolute atomic E-state index is 0.0779. The van der Waals surface area contributed by atoms with Crippen LogP contribution < -0.4 is 0 Å². The summed E-state index contributed by atoms with van der Waals surface area (Å²) in [6, 6.07) is 0. The van der Waals surface area contributed by atoms with E-state index in [1.54, 1.807) is 6.92 Å².